The molecular formula is C23H27N5O3. The maximum atomic E-state index is 13.2. The monoisotopic (exact) mass is 421 g/mol. The number of nitrogens with zero attached hydrogens (tertiary/aromatic N) is 5. The van der Waals surface area contributed by atoms with Crippen molar-refractivity contribution in [3.8, 4) is 17.0 Å². The van der Waals surface area contributed by atoms with Gasteiger partial charge in [-0.3, -0.25) is 9.78 Å². The summed E-state index contributed by atoms with van der Waals surface area (Å²) < 4.78 is 10.3. The van der Waals surface area contributed by atoms with E-state index in [-0.39, 0.29) is 11.9 Å². The summed E-state index contributed by atoms with van der Waals surface area (Å²) in [5.41, 5.74) is 3.99. The van der Waals surface area contributed by atoms with Gasteiger partial charge in [0.05, 0.1) is 18.8 Å². The summed E-state index contributed by atoms with van der Waals surface area (Å²) in [6.07, 6.45) is 9.26. The maximum Gasteiger partial charge on any atom is 0.254 e. The quantitative estimate of drug-likeness (QED) is 0.597. The molecule has 162 valence electrons. The molecule has 1 unspecified atom stereocenters. The third-order valence-electron chi connectivity index (χ3n) is 5.72. The normalized spacial score (nSPS) is 16.4. The van der Waals surface area contributed by atoms with E-state index in [0.717, 1.165) is 48.2 Å². The fourth-order valence-electron chi connectivity index (χ4n) is 4.12. The number of aryl methyl sites for hydroxylation is 3. The second-order valence-electron chi connectivity index (χ2n) is 7.84. The molecule has 1 atom stereocenters. The predicted octanol–water partition coefficient (Wildman–Crippen LogP) is 3.84. The zero-order valence-electron chi connectivity index (χ0n) is 18.2. The van der Waals surface area contributed by atoms with E-state index < -0.39 is 0 Å². The molecule has 3 aromatic rings. The van der Waals surface area contributed by atoms with Gasteiger partial charge in [-0.15, -0.1) is 0 Å². The van der Waals surface area contributed by atoms with Crippen molar-refractivity contribution in [2.45, 2.75) is 52.0 Å². The van der Waals surface area contributed by atoms with E-state index in [4.69, 9.17) is 14.2 Å². The molecule has 0 aliphatic carbocycles. The Balaban J connectivity index is 1.60. The van der Waals surface area contributed by atoms with Crippen molar-refractivity contribution in [1.29, 1.82) is 0 Å². The number of piperidine rings is 1. The lowest BCUT2D eigenvalue weighted by molar-refractivity contribution is -0.135. The molecule has 4 heterocycles. The number of carbonyl (C=O) groups is 1. The molecule has 1 saturated heterocycles. The van der Waals surface area contributed by atoms with Crippen LogP contribution >= 0.6 is 0 Å². The highest BCUT2D eigenvalue weighted by atomic mass is 16.5. The van der Waals surface area contributed by atoms with Crippen LogP contribution in [-0.4, -0.2) is 44.6 Å². The number of likely N-dealkylation sites (tertiary alicyclic amines) is 1. The first kappa shape index (κ1) is 21.0. The topological polar surface area (TPSA) is 94.2 Å². The van der Waals surface area contributed by atoms with Gasteiger partial charge in [-0.2, -0.15) is 0 Å². The Bertz CT molecular complexity index is 1060. The molecule has 0 bridgehead atoms. The maximum absolute atomic E-state index is 13.2. The molecule has 3 aromatic heterocycles. The van der Waals surface area contributed by atoms with Crippen molar-refractivity contribution in [2.75, 3.05) is 13.7 Å². The van der Waals surface area contributed by atoms with Crippen molar-refractivity contribution in [1.82, 2.24) is 25.0 Å². The van der Waals surface area contributed by atoms with Gasteiger partial charge >= 0.3 is 0 Å². The molecule has 0 spiro atoms. The smallest absolute Gasteiger partial charge is 0.254 e. The summed E-state index contributed by atoms with van der Waals surface area (Å²) in [7, 11) is 1.54. The van der Waals surface area contributed by atoms with Gasteiger partial charge in [-0.1, -0.05) is 0 Å². The molecule has 1 aliphatic rings. The van der Waals surface area contributed by atoms with Crippen molar-refractivity contribution in [3.63, 3.8) is 0 Å². The molecule has 0 aromatic carbocycles. The Morgan fingerprint density at radius 1 is 1.26 bits per heavy atom. The Morgan fingerprint density at radius 2 is 2.13 bits per heavy atom. The number of pyridine rings is 1. The summed E-state index contributed by atoms with van der Waals surface area (Å²) >= 11 is 0. The van der Waals surface area contributed by atoms with Crippen molar-refractivity contribution in [3.05, 3.63) is 53.6 Å². The SMILES string of the molecule is COc1cc(CCC(=O)N2CCCCC2c2nc(C)ncc2-c2ccncc2C)on1. The molecule has 1 amide bonds. The van der Waals surface area contributed by atoms with Gasteiger partial charge in [0.1, 0.15) is 11.6 Å². The zero-order chi connectivity index (χ0) is 21.8. The van der Waals surface area contributed by atoms with Crippen LogP contribution in [0.4, 0.5) is 0 Å². The Labute approximate surface area is 181 Å². The van der Waals surface area contributed by atoms with Crippen LogP contribution in [0.3, 0.4) is 0 Å². The second kappa shape index (κ2) is 9.24. The highest BCUT2D eigenvalue weighted by Crippen LogP contribution is 2.36. The van der Waals surface area contributed by atoms with Crippen LogP contribution in [0.5, 0.6) is 5.88 Å². The lowest BCUT2D eigenvalue weighted by Crippen LogP contribution is -2.39. The third-order valence-corrected chi connectivity index (χ3v) is 5.72. The summed E-state index contributed by atoms with van der Waals surface area (Å²) in [6, 6.07) is 3.63. The fraction of sp³-hybridized carbons (Fsp3) is 0.435. The van der Waals surface area contributed by atoms with E-state index in [1.165, 1.54) is 7.11 Å². The van der Waals surface area contributed by atoms with Gasteiger partial charge in [0.15, 0.2) is 0 Å². The average molecular weight is 422 g/mol. The first-order valence-electron chi connectivity index (χ1n) is 10.6. The second-order valence-corrected chi connectivity index (χ2v) is 7.84. The van der Waals surface area contributed by atoms with Crippen molar-refractivity contribution >= 4 is 5.91 Å². The van der Waals surface area contributed by atoms with E-state index >= 15 is 0 Å². The first-order chi connectivity index (χ1) is 15.1. The van der Waals surface area contributed by atoms with Gasteiger partial charge in [-0.25, -0.2) is 9.97 Å². The minimum atomic E-state index is -0.0743. The van der Waals surface area contributed by atoms with Crippen LogP contribution < -0.4 is 4.74 Å². The molecule has 1 aliphatic heterocycles. The first-order valence-corrected chi connectivity index (χ1v) is 10.6. The summed E-state index contributed by atoms with van der Waals surface area (Å²) in [5.74, 6) is 1.86. The van der Waals surface area contributed by atoms with Crippen molar-refractivity contribution < 1.29 is 14.1 Å². The number of hydrogen-bond acceptors (Lipinski definition) is 7. The fourth-order valence-corrected chi connectivity index (χ4v) is 4.12. The molecular weight excluding hydrogens is 394 g/mol. The zero-order valence-corrected chi connectivity index (χ0v) is 18.2. The molecule has 0 N–H and O–H groups in total. The highest BCUT2D eigenvalue weighted by molar-refractivity contribution is 5.78. The molecule has 0 radical (unpaired) electrons. The van der Waals surface area contributed by atoms with Crippen LogP contribution in [-0.2, 0) is 11.2 Å². The number of rotatable bonds is 6. The number of aromatic nitrogens is 4. The standard InChI is InChI=1S/C23H27N5O3/c1-15-13-24-10-9-18(15)19-14-25-16(2)26-23(19)20-6-4-5-11-28(20)22(29)8-7-17-12-21(30-3)27-31-17/h9-10,12-14,20H,4-8,11H2,1-3H3. The van der Waals surface area contributed by atoms with Gasteiger partial charge in [-0.05, 0) is 55.5 Å². The van der Waals surface area contributed by atoms with Crippen LogP contribution in [0.2, 0.25) is 0 Å². The minimum absolute atomic E-state index is 0.0743. The van der Waals surface area contributed by atoms with Crippen LogP contribution in [0.15, 0.2) is 35.2 Å². The Kier molecular flexibility index (Phi) is 6.25. The number of amides is 1. The van der Waals surface area contributed by atoms with Crippen LogP contribution in [0.25, 0.3) is 11.1 Å². The summed E-state index contributed by atoms with van der Waals surface area (Å²) in [6.45, 7) is 4.64. The van der Waals surface area contributed by atoms with E-state index in [0.29, 0.717) is 30.3 Å². The van der Waals surface area contributed by atoms with Crippen LogP contribution in [0.1, 0.15) is 54.6 Å². The van der Waals surface area contributed by atoms with Gasteiger partial charge in [0.25, 0.3) is 5.88 Å². The Hall–Kier alpha value is -3.29. The number of ether oxygens (including phenoxy) is 1. The highest BCUT2D eigenvalue weighted by Gasteiger charge is 2.31. The lowest BCUT2D eigenvalue weighted by atomic mass is 9.92. The number of hydrogen-bond donors (Lipinski definition) is 0. The van der Waals surface area contributed by atoms with Crippen LogP contribution in [0, 0.1) is 13.8 Å². The van der Waals surface area contributed by atoms with E-state index in [1.807, 2.05) is 37.2 Å². The molecule has 1 fully saturated rings. The summed E-state index contributed by atoms with van der Waals surface area (Å²) in [5, 5.41) is 3.81. The predicted molar refractivity (Wildman–Crippen MR) is 114 cm³/mol. The van der Waals surface area contributed by atoms with E-state index in [2.05, 4.69) is 15.1 Å². The molecule has 0 saturated carbocycles. The number of methoxy groups -OCH3 is 1. The summed E-state index contributed by atoms with van der Waals surface area (Å²) in [4.78, 5) is 28.6. The van der Waals surface area contributed by atoms with Gasteiger partial charge < -0.3 is 14.2 Å². The molecule has 8 nitrogen and oxygen atoms in total. The van der Waals surface area contributed by atoms with Crippen molar-refractivity contribution in [2.24, 2.45) is 0 Å². The average Bonchev–Trinajstić information content (AvgIpc) is 3.26. The van der Waals surface area contributed by atoms with Gasteiger partial charge in [0, 0.05) is 49.6 Å². The molecule has 31 heavy (non-hydrogen) atoms. The van der Waals surface area contributed by atoms with Gasteiger partial charge in [0.2, 0.25) is 5.91 Å². The van der Waals surface area contributed by atoms with E-state index in [1.54, 1.807) is 12.3 Å². The molecule has 4 rings (SSSR count). The lowest BCUT2D eigenvalue weighted by Gasteiger charge is -2.36. The minimum Gasteiger partial charge on any atom is -0.479 e. The van der Waals surface area contributed by atoms with E-state index in [9.17, 15) is 4.79 Å². The largest absolute Gasteiger partial charge is 0.479 e. The third kappa shape index (κ3) is 4.57. The Morgan fingerprint density at radius 3 is 2.90 bits per heavy atom. The molecule has 8 heteroatoms. The number of carbonyl (C=O) groups excluding carboxylic acids is 1.